The van der Waals surface area contributed by atoms with Crippen molar-refractivity contribution in [2.24, 2.45) is 5.73 Å². The summed E-state index contributed by atoms with van der Waals surface area (Å²) in [4.78, 5) is 1.17. The third kappa shape index (κ3) is 1.16. The minimum atomic E-state index is -0.387. The Bertz CT molecular complexity index is 297. The first-order valence-electron chi connectivity index (χ1n) is 4.07. The maximum Gasteiger partial charge on any atom is 0.0834 e. The highest BCUT2D eigenvalue weighted by atomic mass is 32.1. The van der Waals surface area contributed by atoms with Gasteiger partial charge in [-0.15, -0.1) is 0 Å². The standard InChI is InChI=1S/C8H12N2OS/c1-4-8-6(11)2-5(9)3-7(8)12-10-4/h5-6,11H,2-3,9H2,1H3. The number of aromatic nitrogens is 1. The minimum absolute atomic E-state index is 0.104. The second-order valence-electron chi connectivity index (χ2n) is 3.32. The monoisotopic (exact) mass is 184 g/mol. The number of rotatable bonds is 0. The van der Waals surface area contributed by atoms with Crippen LogP contribution in [0.4, 0.5) is 0 Å². The van der Waals surface area contributed by atoms with Gasteiger partial charge in [0.25, 0.3) is 0 Å². The highest BCUT2D eigenvalue weighted by Crippen LogP contribution is 2.33. The molecule has 1 aliphatic rings. The number of nitrogens with two attached hydrogens (primary N) is 1. The van der Waals surface area contributed by atoms with E-state index in [1.807, 2.05) is 6.92 Å². The SMILES string of the molecule is Cc1nsc2c1C(O)CC(N)C2. The second-order valence-corrected chi connectivity index (χ2v) is 4.18. The third-order valence-corrected chi connectivity index (χ3v) is 3.26. The highest BCUT2D eigenvalue weighted by molar-refractivity contribution is 7.06. The summed E-state index contributed by atoms with van der Waals surface area (Å²) in [6.07, 6.45) is 1.16. The van der Waals surface area contributed by atoms with Crippen molar-refractivity contribution in [1.29, 1.82) is 0 Å². The molecule has 3 N–H and O–H groups in total. The fourth-order valence-electron chi connectivity index (χ4n) is 1.72. The minimum Gasteiger partial charge on any atom is -0.388 e. The average molecular weight is 184 g/mol. The van der Waals surface area contributed by atoms with Crippen LogP contribution in [0.5, 0.6) is 0 Å². The molecule has 1 aromatic rings. The molecule has 12 heavy (non-hydrogen) atoms. The molecule has 1 heterocycles. The molecule has 0 radical (unpaired) electrons. The summed E-state index contributed by atoms with van der Waals surface area (Å²) < 4.78 is 4.21. The largest absolute Gasteiger partial charge is 0.388 e. The Morgan fingerprint density at radius 1 is 1.67 bits per heavy atom. The number of hydrogen-bond donors (Lipinski definition) is 2. The summed E-state index contributed by atoms with van der Waals surface area (Å²) in [6.45, 7) is 1.94. The van der Waals surface area contributed by atoms with Crippen LogP contribution in [0.1, 0.15) is 28.7 Å². The van der Waals surface area contributed by atoms with Gasteiger partial charge in [-0.1, -0.05) is 0 Å². The Hall–Kier alpha value is -0.450. The average Bonchev–Trinajstić information content (AvgIpc) is 2.31. The maximum atomic E-state index is 9.69. The van der Waals surface area contributed by atoms with Gasteiger partial charge in [0.2, 0.25) is 0 Å². The summed E-state index contributed by atoms with van der Waals surface area (Å²) in [5.41, 5.74) is 7.76. The Morgan fingerprint density at radius 3 is 3.17 bits per heavy atom. The molecule has 0 fully saturated rings. The van der Waals surface area contributed by atoms with E-state index in [0.717, 1.165) is 17.7 Å². The van der Waals surface area contributed by atoms with Crippen molar-refractivity contribution in [3.63, 3.8) is 0 Å². The van der Waals surface area contributed by atoms with Crippen LogP contribution in [0.3, 0.4) is 0 Å². The smallest absolute Gasteiger partial charge is 0.0834 e. The van der Waals surface area contributed by atoms with Crippen LogP contribution >= 0.6 is 11.5 Å². The number of nitrogens with zero attached hydrogens (tertiary/aromatic N) is 1. The van der Waals surface area contributed by atoms with Crippen molar-refractivity contribution in [3.05, 3.63) is 16.1 Å². The normalized spacial score (nSPS) is 28.6. The molecule has 1 aromatic heterocycles. The number of aliphatic hydroxyl groups excluding tert-OH is 1. The van der Waals surface area contributed by atoms with Crippen molar-refractivity contribution >= 4 is 11.5 Å². The van der Waals surface area contributed by atoms with Gasteiger partial charge in [-0.2, -0.15) is 4.37 Å². The van der Waals surface area contributed by atoms with Crippen molar-refractivity contribution in [1.82, 2.24) is 4.37 Å². The van der Waals surface area contributed by atoms with Crippen LogP contribution in [0.2, 0.25) is 0 Å². The first-order chi connectivity index (χ1) is 5.68. The lowest BCUT2D eigenvalue weighted by Crippen LogP contribution is -2.29. The summed E-state index contributed by atoms with van der Waals surface area (Å²) in [6, 6.07) is 0.104. The number of hydrogen-bond acceptors (Lipinski definition) is 4. The Labute approximate surface area is 75.4 Å². The summed E-state index contributed by atoms with van der Waals surface area (Å²) >= 11 is 1.47. The van der Waals surface area contributed by atoms with Crippen LogP contribution in [0.25, 0.3) is 0 Å². The van der Waals surface area contributed by atoms with E-state index in [1.165, 1.54) is 16.4 Å². The lowest BCUT2D eigenvalue weighted by Gasteiger charge is -2.22. The summed E-state index contributed by atoms with van der Waals surface area (Å²) in [7, 11) is 0. The van der Waals surface area contributed by atoms with Crippen LogP contribution in [-0.4, -0.2) is 15.5 Å². The zero-order chi connectivity index (χ0) is 8.72. The van der Waals surface area contributed by atoms with E-state index in [-0.39, 0.29) is 12.1 Å². The molecule has 2 unspecified atom stereocenters. The van der Waals surface area contributed by atoms with Gasteiger partial charge in [0.15, 0.2) is 0 Å². The van der Waals surface area contributed by atoms with Crippen molar-refractivity contribution in [2.45, 2.75) is 31.9 Å². The van der Waals surface area contributed by atoms with Gasteiger partial charge in [0.05, 0.1) is 11.8 Å². The van der Waals surface area contributed by atoms with Crippen LogP contribution < -0.4 is 5.73 Å². The van der Waals surface area contributed by atoms with E-state index in [1.54, 1.807) is 0 Å². The zero-order valence-corrected chi connectivity index (χ0v) is 7.77. The van der Waals surface area contributed by atoms with E-state index >= 15 is 0 Å². The van der Waals surface area contributed by atoms with Crippen LogP contribution in [0, 0.1) is 6.92 Å². The molecule has 3 nitrogen and oxygen atoms in total. The number of fused-ring (bicyclic) bond motifs is 1. The van der Waals surface area contributed by atoms with Gasteiger partial charge in [-0.3, -0.25) is 0 Å². The summed E-state index contributed by atoms with van der Waals surface area (Å²) in [5.74, 6) is 0. The topological polar surface area (TPSA) is 59.1 Å². The van der Waals surface area contributed by atoms with Crippen LogP contribution in [0.15, 0.2) is 0 Å². The molecule has 0 bridgehead atoms. The van der Waals surface area contributed by atoms with Gasteiger partial charge < -0.3 is 10.8 Å². The quantitative estimate of drug-likeness (QED) is 0.625. The second kappa shape index (κ2) is 2.80. The lowest BCUT2D eigenvalue weighted by molar-refractivity contribution is 0.149. The molecule has 0 saturated heterocycles. The number of aryl methyl sites for hydroxylation is 1. The number of aliphatic hydroxyl groups is 1. The van der Waals surface area contributed by atoms with E-state index in [2.05, 4.69) is 4.37 Å². The zero-order valence-electron chi connectivity index (χ0n) is 6.95. The van der Waals surface area contributed by atoms with Crippen molar-refractivity contribution in [2.75, 3.05) is 0 Å². The molecule has 0 amide bonds. The van der Waals surface area contributed by atoms with E-state index in [4.69, 9.17) is 5.73 Å². The van der Waals surface area contributed by atoms with Gasteiger partial charge in [0, 0.05) is 16.5 Å². The van der Waals surface area contributed by atoms with E-state index in [0.29, 0.717) is 6.42 Å². The third-order valence-electron chi connectivity index (χ3n) is 2.29. The van der Waals surface area contributed by atoms with Crippen molar-refractivity contribution in [3.8, 4) is 0 Å². The summed E-state index contributed by atoms with van der Waals surface area (Å²) in [5, 5.41) is 9.69. The molecule has 1 aliphatic carbocycles. The molecule has 66 valence electrons. The van der Waals surface area contributed by atoms with Gasteiger partial charge in [0.1, 0.15) is 0 Å². The Morgan fingerprint density at radius 2 is 2.42 bits per heavy atom. The predicted octanol–water partition coefficient (Wildman–Crippen LogP) is 0.758. The molecule has 0 aromatic carbocycles. The highest BCUT2D eigenvalue weighted by Gasteiger charge is 2.26. The molecule has 0 spiro atoms. The van der Waals surface area contributed by atoms with Gasteiger partial charge in [-0.05, 0) is 31.3 Å². The molecule has 2 atom stereocenters. The fraction of sp³-hybridized carbons (Fsp3) is 0.625. The first-order valence-corrected chi connectivity index (χ1v) is 4.84. The Balaban J connectivity index is 2.43. The molecule has 0 saturated carbocycles. The molecule has 2 rings (SSSR count). The van der Waals surface area contributed by atoms with Gasteiger partial charge in [-0.25, -0.2) is 0 Å². The maximum absolute atomic E-state index is 9.69. The lowest BCUT2D eigenvalue weighted by atomic mass is 9.91. The molecular weight excluding hydrogens is 172 g/mol. The molecular formula is C8H12N2OS. The molecule has 0 aliphatic heterocycles. The Kier molecular flexibility index (Phi) is 1.90. The first kappa shape index (κ1) is 8.16. The van der Waals surface area contributed by atoms with Crippen molar-refractivity contribution < 1.29 is 5.11 Å². The van der Waals surface area contributed by atoms with Crippen LogP contribution in [-0.2, 0) is 6.42 Å². The van der Waals surface area contributed by atoms with E-state index < -0.39 is 0 Å². The van der Waals surface area contributed by atoms with E-state index in [9.17, 15) is 5.11 Å². The fourth-order valence-corrected chi connectivity index (χ4v) is 2.74. The predicted molar refractivity (Wildman–Crippen MR) is 48.1 cm³/mol. The van der Waals surface area contributed by atoms with Gasteiger partial charge >= 0.3 is 0 Å². The molecule has 4 heteroatoms.